The molecule has 1 aromatic heterocycles. The molecule has 0 amide bonds. The van der Waals surface area contributed by atoms with E-state index in [0.29, 0.717) is 6.07 Å². The normalized spacial score (nSPS) is 11.4. The van der Waals surface area contributed by atoms with Gasteiger partial charge in [0.2, 0.25) is 0 Å². The average Bonchev–Trinajstić information content (AvgIpc) is 2.15. The zero-order valence-electron chi connectivity index (χ0n) is 7.37. The second-order valence-electron chi connectivity index (χ2n) is 2.65. The third-order valence-electron chi connectivity index (χ3n) is 1.63. The molecule has 1 N–H and O–H groups in total. The minimum Gasteiger partial charge on any atom is -0.310 e. The van der Waals surface area contributed by atoms with Crippen molar-refractivity contribution in [1.82, 2.24) is 4.98 Å². The molecule has 1 rings (SSSR count). The summed E-state index contributed by atoms with van der Waals surface area (Å²) in [6.45, 7) is 0. The summed E-state index contributed by atoms with van der Waals surface area (Å²) in [5, 5.41) is 7.66. The van der Waals surface area contributed by atoms with Gasteiger partial charge in [0.05, 0.1) is 11.1 Å². The Hall–Kier alpha value is -1.46. The fraction of sp³-hybridized carbons (Fsp3) is 0.143. The Bertz CT molecular complexity index is 617. The molecule has 0 bridgehead atoms. The number of rotatable bonds is 2. The van der Waals surface area contributed by atoms with E-state index in [1.54, 1.807) is 4.98 Å². The molecule has 0 atom stereocenters. The molecule has 0 fully saturated rings. The van der Waals surface area contributed by atoms with Gasteiger partial charge in [-0.05, 0) is 6.07 Å². The summed E-state index contributed by atoms with van der Waals surface area (Å²) in [6, 6.07) is 1.86. The van der Waals surface area contributed by atoms with Gasteiger partial charge in [-0.15, -0.1) is 0 Å². The number of aromatic nitrogens is 1. The van der Waals surface area contributed by atoms with Crippen LogP contribution in [0.1, 0.15) is 17.6 Å². The Kier molecular flexibility index (Phi) is 3.30. The molecule has 0 aliphatic carbocycles. The topological polar surface area (TPSA) is 90.8 Å². The fourth-order valence-electron chi connectivity index (χ4n) is 0.967. The van der Waals surface area contributed by atoms with Crippen LogP contribution in [0, 0.1) is 11.3 Å². The summed E-state index contributed by atoms with van der Waals surface area (Å²) < 4.78 is 46.3. The van der Waals surface area contributed by atoms with E-state index in [1.165, 1.54) is 6.07 Å². The molecule has 86 valence electrons. The van der Waals surface area contributed by atoms with Crippen molar-refractivity contribution >= 4 is 19.7 Å². The van der Waals surface area contributed by atoms with Crippen LogP contribution in [0.2, 0.25) is 0 Å². The number of alkyl halides is 2. The molecular weight excluding hydrogens is 266 g/mol. The van der Waals surface area contributed by atoms with Crippen LogP contribution in [0.3, 0.4) is 0 Å². The molecule has 0 aromatic carbocycles. The second kappa shape index (κ2) is 4.19. The van der Waals surface area contributed by atoms with E-state index in [4.69, 9.17) is 15.9 Å². The lowest BCUT2D eigenvalue weighted by Gasteiger charge is -2.02. The van der Waals surface area contributed by atoms with Gasteiger partial charge in [0.1, 0.15) is 6.07 Å². The first kappa shape index (κ1) is 12.6. The summed E-state index contributed by atoms with van der Waals surface area (Å²) in [5.41, 5.74) is -2.92. The van der Waals surface area contributed by atoms with E-state index in [0.717, 1.165) is 0 Å². The molecule has 5 nitrogen and oxygen atoms in total. The summed E-state index contributed by atoms with van der Waals surface area (Å²) in [7, 11) is 0.549. The number of aromatic amines is 1. The van der Waals surface area contributed by atoms with Gasteiger partial charge >= 0.3 is 0 Å². The summed E-state index contributed by atoms with van der Waals surface area (Å²) in [4.78, 5) is 12.7. The summed E-state index contributed by atoms with van der Waals surface area (Å²) in [5.74, 6) is 0. The lowest BCUT2D eigenvalue weighted by Crippen LogP contribution is -2.17. The van der Waals surface area contributed by atoms with Crippen molar-refractivity contribution in [3.63, 3.8) is 0 Å². The Labute approximate surface area is 92.7 Å². The Morgan fingerprint density at radius 2 is 2.06 bits per heavy atom. The van der Waals surface area contributed by atoms with Crippen LogP contribution in [-0.2, 0) is 9.05 Å². The number of pyridine rings is 1. The quantitative estimate of drug-likeness (QED) is 0.814. The number of H-pyrrole nitrogens is 1. The molecule has 1 heterocycles. The maximum atomic E-state index is 12.3. The Morgan fingerprint density at radius 1 is 1.50 bits per heavy atom. The first-order chi connectivity index (χ1) is 7.27. The molecule has 9 heteroatoms. The maximum absolute atomic E-state index is 12.3. The van der Waals surface area contributed by atoms with Gasteiger partial charge in [-0.25, -0.2) is 17.2 Å². The standard InChI is InChI=1S/C7H3ClF2N2O3S/c8-16(14,15)7-3(2-11)1-4(5(9)10)6(13)12-7/h1,5H,(H,12,13). The smallest absolute Gasteiger partial charge is 0.278 e. The van der Waals surface area contributed by atoms with E-state index < -0.39 is 37.2 Å². The van der Waals surface area contributed by atoms with Crippen molar-refractivity contribution < 1.29 is 17.2 Å². The van der Waals surface area contributed by atoms with Crippen LogP contribution in [0.5, 0.6) is 0 Å². The SMILES string of the molecule is N#Cc1cc(C(F)F)c(=O)[nH]c1S(=O)(=O)Cl. The van der Waals surface area contributed by atoms with Crippen LogP contribution in [0.4, 0.5) is 8.78 Å². The van der Waals surface area contributed by atoms with Crippen molar-refractivity contribution in [2.45, 2.75) is 11.5 Å². The predicted octanol–water partition coefficient (Wildman–Crippen LogP) is 1.11. The highest BCUT2D eigenvalue weighted by molar-refractivity contribution is 8.13. The predicted molar refractivity (Wildman–Crippen MR) is 49.8 cm³/mol. The minimum absolute atomic E-state index is 0.499. The minimum atomic E-state index is -4.36. The molecule has 0 saturated heterocycles. The average molecular weight is 269 g/mol. The van der Waals surface area contributed by atoms with Gasteiger partial charge in [0.25, 0.3) is 21.0 Å². The molecule has 0 saturated carbocycles. The zero-order valence-corrected chi connectivity index (χ0v) is 8.94. The van der Waals surface area contributed by atoms with E-state index in [-0.39, 0.29) is 0 Å². The molecule has 0 aliphatic rings. The highest BCUT2D eigenvalue weighted by atomic mass is 35.7. The van der Waals surface area contributed by atoms with E-state index in [2.05, 4.69) is 0 Å². The number of nitrogens with zero attached hydrogens (tertiary/aromatic N) is 1. The van der Waals surface area contributed by atoms with Gasteiger partial charge in [-0.3, -0.25) is 4.79 Å². The zero-order chi connectivity index (χ0) is 12.5. The molecule has 0 spiro atoms. The van der Waals surface area contributed by atoms with Crippen LogP contribution >= 0.6 is 10.7 Å². The number of hydrogen-bond acceptors (Lipinski definition) is 4. The first-order valence-electron chi connectivity index (χ1n) is 3.67. The van der Waals surface area contributed by atoms with E-state index in [9.17, 15) is 22.0 Å². The van der Waals surface area contributed by atoms with Gasteiger partial charge in [-0.2, -0.15) is 5.26 Å². The molecular formula is C7H3ClF2N2O3S. The number of hydrogen-bond donors (Lipinski definition) is 1. The van der Waals surface area contributed by atoms with Crippen LogP contribution in [0.15, 0.2) is 15.9 Å². The van der Waals surface area contributed by atoms with Gasteiger partial charge < -0.3 is 4.98 Å². The van der Waals surface area contributed by atoms with Crippen LogP contribution < -0.4 is 5.56 Å². The van der Waals surface area contributed by atoms with Crippen molar-refractivity contribution in [1.29, 1.82) is 5.26 Å². The lowest BCUT2D eigenvalue weighted by molar-refractivity contribution is 0.149. The number of nitrogens with one attached hydrogen (secondary N) is 1. The largest absolute Gasteiger partial charge is 0.310 e. The second-order valence-corrected chi connectivity index (χ2v) is 5.15. The Balaban J connectivity index is 3.66. The van der Waals surface area contributed by atoms with Crippen molar-refractivity contribution in [2.24, 2.45) is 0 Å². The molecule has 0 radical (unpaired) electrons. The van der Waals surface area contributed by atoms with E-state index >= 15 is 0 Å². The van der Waals surface area contributed by atoms with Crippen molar-refractivity contribution in [3.8, 4) is 6.07 Å². The van der Waals surface area contributed by atoms with Crippen molar-refractivity contribution in [2.75, 3.05) is 0 Å². The van der Waals surface area contributed by atoms with Crippen LogP contribution in [-0.4, -0.2) is 13.4 Å². The van der Waals surface area contributed by atoms with Crippen LogP contribution in [0.25, 0.3) is 0 Å². The highest BCUT2D eigenvalue weighted by Crippen LogP contribution is 2.20. The third kappa shape index (κ3) is 2.37. The van der Waals surface area contributed by atoms with Crippen molar-refractivity contribution in [3.05, 3.63) is 27.5 Å². The summed E-state index contributed by atoms with van der Waals surface area (Å²) in [6.07, 6.45) is -3.11. The molecule has 1 aromatic rings. The van der Waals surface area contributed by atoms with E-state index in [1.807, 2.05) is 0 Å². The maximum Gasteiger partial charge on any atom is 0.278 e. The van der Waals surface area contributed by atoms with Gasteiger partial charge in [-0.1, -0.05) is 0 Å². The first-order valence-corrected chi connectivity index (χ1v) is 5.98. The third-order valence-corrected chi connectivity index (χ3v) is 2.91. The molecule has 16 heavy (non-hydrogen) atoms. The highest BCUT2D eigenvalue weighted by Gasteiger charge is 2.22. The lowest BCUT2D eigenvalue weighted by atomic mass is 10.2. The summed E-state index contributed by atoms with van der Waals surface area (Å²) >= 11 is 0. The number of halogens is 3. The fourth-order valence-corrected chi connectivity index (χ4v) is 1.91. The molecule has 0 unspecified atom stereocenters. The van der Waals surface area contributed by atoms with Gasteiger partial charge in [0, 0.05) is 10.7 Å². The number of nitriles is 1. The van der Waals surface area contributed by atoms with Gasteiger partial charge in [0.15, 0.2) is 5.03 Å². The Morgan fingerprint density at radius 3 is 2.44 bits per heavy atom. The monoisotopic (exact) mass is 268 g/mol. The molecule has 0 aliphatic heterocycles.